The van der Waals surface area contributed by atoms with Crippen LogP contribution in [0.2, 0.25) is 0 Å². The van der Waals surface area contributed by atoms with Crippen LogP contribution in [0.1, 0.15) is 12.0 Å². The molecule has 8 heteroatoms. The molecule has 1 aromatic rings. The Bertz CT molecular complexity index is 650. The van der Waals surface area contributed by atoms with Gasteiger partial charge in [0.05, 0.1) is 6.08 Å². The van der Waals surface area contributed by atoms with Gasteiger partial charge in [0, 0.05) is 11.1 Å². The molecule has 108 valence electrons. The summed E-state index contributed by atoms with van der Waals surface area (Å²) in [6.07, 6.45) is 3.06. The minimum atomic E-state index is -2.36. The van der Waals surface area contributed by atoms with E-state index in [1.807, 2.05) is 0 Å². The van der Waals surface area contributed by atoms with Crippen LogP contribution in [0.3, 0.4) is 0 Å². The van der Waals surface area contributed by atoms with E-state index < -0.39 is 21.9 Å². The van der Waals surface area contributed by atoms with E-state index >= 15 is 0 Å². The van der Waals surface area contributed by atoms with Gasteiger partial charge in [-0.1, -0.05) is 41.6 Å². The van der Waals surface area contributed by atoms with Crippen LogP contribution in [0.25, 0.3) is 0 Å². The van der Waals surface area contributed by atoms with Gasteiger partial charge in [-0.3, -0.25) is 20.2 Å². The Kier molecular flexibility index (Phi) is 3.79. The first-order valence-electron chi connectivity index (χ1n) is 5.97. The Labute approximate surface area is 119 Å². The van der Waals surface area contributed by atoms with Crippen molar-refractivity contribution >= 4 is 5.71 Å². The summed E-state index contributed by atoms with van der Waals surface area (Å²) in [7, 11) is 0. The summed E-state index contributed by atoms with van der Waals surface area (Å²) in [6.45, 7) is 0. The maximum atomic E-state index is 10.9. The molecule has 2 rings (SSSR count). The molecule has 0 unspecified atom stereocenters. The largest absolute Gasteiger partial charge is 0.481 e. The Balaban J connectivity index is 2.34. The molecule has 0 radical (unpaired) electrons. The molecule has 0 atom stereocenters. The molecule has 0 aromatic heterocycles. The molecule has 1 aliphatic rings. The van der Waals surface area contributed by atoms with Gasteiger partial charge in [-0.25, -0.2) is 0 Å². The highest BCUT2D eigenvalue weighted by Crippen LogP contribution is 2.26. The fraction of sp³-hybridized carbons (Fsp3) is 0.154. The van der Waals surface area contributed by atoms with Crippen LogP contribution in [0.15, 0.2) is 59.3 Å². The predicted molar refractivity (Wildman–Crippen MR) is 73.3 cm³/mol. The van der Waals surface area contributed by atoms with Crippen LogP contribution >= 0.6 is 0 Å². The van der Waals surface area contributed by atoms with E-state index in [-0.39, 0.29) is 5.71 Å². The van der Waals surface area contributed by atoms with E-state index in [9.17, 15) is 20.2 Å². The molecule has 1 aliphatic carbocycles. The molecule has 21 heavy (non-hydrogen) atoms. The van der Waals surface area contributed by atoms with Crippen LogP contribution < -0.4 is 0 Å². The maximum Gasteiger partial charge on any atom is 0.481 e. The summed E-state index contributed by atoms with van der Waals surface area (Å²) in [5, 5.41) is 34.2. The second kappa shape index (κ2) is 5.53. The number of allylic oxidation sites excluding steroid dienone is 2. The lowest BCUT2D eigenvalue weighted by Gasteiger charge is -2.16. The summed E-state index contributed by atoms with van der Waals surface area (Å²) >= 11 is 0. The normalized spacial score (nSPS) is 17.1. The van der Waals surface area contributed by atoms with Crippen LogP contribution in [0.5, 0.6) is 0 Å². The van der Waals surface area contributed by atoms with Crippen molar-refractivity contribution in [1.82, 2.24) is 0 Å². The van der Waals surface area contributed by atoms with Gasteiger partial charge in [0.15, 0.2) is 0 Å². The van der Waals surface area contributed by atoms with Gasteiger partial charge in [0.1, 0.15) is 22.0 Å². The molecular formula is C13H11N3O5. The first-order valence-corrected chi connectivity index (χ1v) is 5.97. The number of hydrogen-bond acceptors (Lipinski definition) is 6. The average Bonchev–Trinajstić information content (AvgIpc) is 2.49. The molecule has 0 aliphatic heterocycles. The van der Waals surface area contributed by atoms with Crippen molar-refractivity contribution < 1.29 is 15.1 Å². The standard InChI is InChI=1S/C13H11N3O5/c17-14-12(10-4-2-1-3-5-10)11-6-8-13(9-7-11,15(18)19)16(20)21/h1-8,17H,9H2. The van der Waals surface area contributed by atoms with Gasteiger partial charge in [-0.05, 0) is 6.08 Å². The number of rotatable bonds is 4. The van der Waals surface area contributed by atoms with E-state index in [1.54, 1.807) is 30.3 Å². The van der Waals surface area contributed by atoms with Gasteiger partial charge < -0.3 is 5.21 Å². The van der Waals surface area contributed by atoms with Crippen molar-refractivity contribution in [2.45, 2.75) is 12.1 Å². The topological polar surface area (TPSA) is 119 Å². The molecule has 0 saturated carbocycles. The summed E-state index contributed by atoms with van der Waals surface area (Å²) in [6, 6.07) is 8.67. The van der Waals surface area contributed by atoms with E-state index in [0.717, 1.165) is 6.08 Å². The van der Waals surface area contributed by atoms with Crippen LogP contribution in [0.4, 0.5) is 0 Å². The molecule has 1 N–H and O–H groups in total. The number of oxime groups is 1. The van der Waals surface area contributed by atoms with E-state index in [0.29, 0.717) is 11.1 Å². The third-order valence-corrected chi connectivity index (χ3v) is 3.21. The monoisotopic (exact) mass is 289 g/mol. The van der Waals surface area contributed by atoms with Crippen molar-refractivity contribution in [3.8, 4) is 0 Å². The van der Waals surface area contributed by atoms with Crippen molar-refractivity contribution in [1.29, 1.82) is 0 Å². The Morgan fingerprint density at radius 1 is 1.19 bits per heavy atom. The second-order valence-corrected chi connectivity index (χ2v) is 4.40. The quantitative estimate of drug-likeness (QED) is 0.299. The summed E-state index contributed by atoms with van der Waals surface area (Å²) in [5.41, 5.74) is -1.17. The Morgan fingerprint density at radius 3 is 2.24 bits per heavy atom. The van der Waals surface area contributed by atoms with Crippen molar-refractivity contribution in [2.75, 3.05) is 0 Å². The van der Waals surface area contributed by atoms with Gasteiger partial charge in [0.25, 0.3) is 0 Å². The number of nitrogens with zero attached hydrogens (tertiary/aromatic N) is 3. The lowest BCUT2D eigenvalue weighted by molar-refractivity contribution is -0.780. The van der Waals surface area contributed by atoms with Crippen molar-refractivity contribution in [3.63, 3.8) is 0 Å². The molecule has 0 fully saturated rings. The van der Waals surface area contributed by atoms with Crippen LogP contribution in [0, 0.1) is 20.2 Å². The predicted octanol–water partition coefficient (Wildman–Crippen LogP) is 2.00. The molecule has 0 heterocycles. The second-order valence-electron chi connectivity index (χ2n) is 4.40. The third-order valence-electron chi connectivity index (χ3n) is 3.21. The van der Waals surface area contributed by atoms with Crippen molar-refractivity contribution in [3.05, 3.63) is 79.9 Å². The zero-order valence-corrected chi connectivity index (χ0v) is 10.7. The highest BCUT2D eigenvalue weighted by Gasteiger charge is 2.53. The molecular weight excluding hydrogens is 278 g/mol. The van der Waals surface area contributed by atoms with E-state index in [4.69, 9.17) is 5.21 Å². The third kappa shape index (κ3) is 2.50. The fourth-order valence-corrected chi connectivity index (χ4v) is 2.01. The first kappa shape index (κ1) is 14.4. The Hall–Kier alpha value is -3.03. The maximum absolute atomic E-state index is 10.9. The number of benzene rings is 1. The minimum Gasteiger partial charge on any atom is -0.410 e. The average molecular weight is 289 g/mol. The lowest BCUT2D eigenvalue weighted by Crippen LogP contribution is -2.45. The van der Waals surface area contributed by atoms with Gasteiger partial charge >= 0.3 is 5.66 Å². The van der Waals surface area contributed by atoms with E-state index in [2.05, 4.69) is 5.16 Å². The number of nitro groups is 2. The van der Waals surface area contributed by atoms with E-state index in [1.165, 1.54) is 12.2 Å². The smallest absolute Gasteiger partial charge is 0.410 e. The molecule has 0 spiro atoms. The van der Waals surface area contributed by atoms with Crippen LogP contribution in [-0.2, 0) is 0 Å². The Morgan fingerprint density at radius 2 is 1.81 bits per heavy atom. The zero-order valence-electron chi connectivity index (χ0n) is 10.7. The minimum absolute atomic E-state index is 0.201. The van der Waals surface area contributed by atoms with Gasteiger partial charge in [-0.15, -0.1) is 0 Å². The van der Waals surface area contributed by atoms with Gasteiger partial charge in [-0.2, -0.15) is 0 Å². The summed E-state index contributed by atoms with van der Waals surface area (Å²) < 4.78 is 0. The molecule has 8 nitrogen and oxygen atoms in total. The highest BCUT2D eigenvalue weighted by molar-refractivity contribution is 6.14. The first-order chi connectivity index (χ1) is 10.0. The number of hydrogen-bond donors (Lipinski definition) is 1. The fourth-order valence-electron chi connectivity index (χ4n) is 2.01. The van der Waals surface area contributed by atoms with Gasteiger partial charge in [0.2, 0.25) is 0 Å². The summed E-state index contributed by atoms with van der Waals surface area (Å²) in [4.78, 5) is 20.0. The lowest BCUT2D eigenvalue weighted by atomic mass is 9.92. The SMILES string of the molecule is O=[N+]([O-])C1([N+](=O)[O-])C=CC(C(=NO)c2ccccc2)=CC1. The summed E-state index contributed by atoms with van der Waals surface area (Å²) in [5.74, 6) is 0. The highest BCUT2D eigenvalue weighted by atomic mass is 16.7. The molecule has 0 amide bonds. The van der Waals surface area contributed by atoms with Crippen molar-refractivity contribution in [2.24, 2.45) is 5.16 Å². The molecule has 0 saturated heterocycles. The molecule has 1 aromatic carbocycles. The molecule has 0 bridgehead atoms. The zero-order chi connectivity index (χ0) is 15.5. The van der Waals surface area contributed by atoms with Crippen LogP contribution in [-0.4, -0.2) is 26.4 Å².